The van der Waals surface area contributed by atoms with Gasteiger partial charge >= 0.3 is 6.03 Å². The first-order valence-corrected chi connectivity index (χ1v) is 16.1. The lowest BCUT2D eigenvalue weighted by atomic mass is 9.97. The number of carbonyl (C=O) groups is 2. The van der Waals surface area contributed by atoms with Crippen LogP contribution in [-0.4, -0.2) is 49.6 Å². The summed E-state index contributed by atoms with van der Waals surface area (Å²) >= 11 is 0. The van der Waals surface area contributed by atoms with E-state index in [-0.39, 0.29) is 11.9 Å². The minimum absolute atomic E-state index is 0.0851. The van der Waals surface area contributed by atoms with Gasteiger partial charge in [0.25, 0.3) is 5.91 Å². The monoisotopic (exact) mass is 583 g/mol. The quantitative estimate of drug-likeness (QED) is 0.197. The van der Waals surface area contributed by atoms with Gasteiger partial charge in [-0.1, -0.05) is 106 Å². The van der Waals surface area contributed by atoms with Gasteiger partial charge in [-0.2, -0.15) is 0 Å². The van der Waals surface area contributed by atoms with Gasteiger partial charge in [0.15, 0.2) is 0 Å². The average Bonchev–Trinajstić information content (AvgIpc) is 3.05. The van der Waals surface area contributed by atoms with Crippen LogP contribution in [0.1, 0.15) is 69.9 Å². The summed E-state index contributed by atoms with van der Waals surface area (Å²) in [4.78, 5) is 29.9. The number of nitrogens with one attached hydrogen (secondary N) is 1. The lowest BCUT2D eigenvalue weighted by molar-refractivity contribution is -0.146. The first-order valence-electron chi connectivity index (χ1n) is 16.1. The number of anilines is 1. The van der Waals surface area contributed by atoms with Gasteiger partial charge in [-0.3, -0.25) is 9.69 Å². The Kier molecular flexibility index (Phi) is 12.7. The highest BCUT2D eigenvalue weighted by molar-refractivity contribution is 5.92. The SMILES string of the molecule is CCCCCCCNC(=O)N(C)c1cccc(-c2ccc(CC(OCc3ccccc3)C(=O)N3CCC(C)CC3)cc2)c1. The third-order valence-electron chi connectivity index (χ3n) is 8.47. The van der Waals surface area contributed by atoms with Crippen molar-refractivity contribution in [2.45, 2.75) is 77.9 Å². The van der Waals surface area contributed by atoms with E-state index in [1.807, 2.05) is 60.5 Å². The number of ether oxygens (including phenoxy) is 1. The van der Waals surface area contributed by atoms with Crippen LogP contribution in [0.4, 0.5) is 10.5 Å². The summed E-state index contributed by atoms with van der Waals surface area (Å²) < 4.78 is 6.27. The molecule has 0 aliphatic carbocycles. The van der Waals surface area contributed by atoms with Gasteiger partial charge in [0.2, 0.25) is 0 Å². The van der Waals surface area contributed by atoms with Crippen molar-refractivity contribution < 1.29 is 14.3 Å². The fourth-order valence-electron chi connectivity index (χ4n) is 5.52. The molecule has 0 aromatic heterocycles. The number of hydrogen-bond donors (Lipinski definition) is 1. The maximum atomic E-state index is 13.6. The molecule has 3 amide bonds. The van der Waals surface area contributed by atoms with Crippen molar-refractivity contribution in [3.8, 4) is 11.1 Å². The zero-order valence-corrected chi connectivity index (χ0v) is 26.3. The molecule has 0 saturated carbocycles. The van der Waals surface area contributed by atoms with Gasteiger partial charge in [-0.25, -0.2) is 4.79 Å². The van der Waals surface area contributed by atoms with E-state index in [1.165, 1.54) is 19.3 Å². The zero-order chi connectivity index (χ0) is 30.4. The molecule has 1 aliphatic rings. The lowest BCUT2D eigenvalue weighted by Crippen LogP contribution is -2.45. The summed E-state index contributed by atoms with van der Waals surface area (Å²) in [6, 6.07) is 26.3. The summed E-state index contributed by atoms with van der Waals surface area (Å²) in [5.74, 6) is 0.746. The second-order valence-electron chi connectivity index (χ2n) is 11.9. The van der Waals surface area contributed by atoms with Crippen LogP contribution < -0.4 is 10.2 Å². The first kappa shape index (κ1) is 32.3. The maximum absolute atomic E-state index is 13.6. The van der Waals surface area contributed by atoms with Gasteiger partial charge in [0.05, 0.1) is 6.61 Å². The van der Waals surface area contributed by atoms with Crippen LogP contribution in [0.25, 0.3) is 11.1 Å². The van der Waals surface area contributed by atoms with Crippen LogP contribution >= 0.6 is 0 Å². The van der Waals surface area contributed by atoms with Crippen LogP contribution in [0.5, 0.6) is 0 Å². The molecule has 1 unspecified atom stereocenters. The van der Waals surface area contributed by atoms with E-state index in [4.69, 9.17) is 4.74 Å². The molecule has 1 atom stereocenters. The highest BCUT2D eigenvalue weighted by Crippen LogP contribution is 2.26. The van der Waals surface area contributed by atoms with E-state index >= 15 is 0 Å². The Bertz CT molecular complexity index is 1270. The topological polar surface area (TPSA) is 61.9 Å². The third kappa shape index (κ3) is 9.96. The number of piperidine rings is 1. The number of carbonyl (C=O) groups excluding carboxylic acids is 2. The van der Waals surface area contributed by atoms with Crippen LogP contribution in [0.3, 0.4) is 0 Å². The molecule has 0 radical (unpaired) electrons. The summed E-state index contributed by atoms with van der Waals surface area (Å²) in [6.07, 6.45) is 7.93. The third-order valence-corrected chi connectivity index (χ3v) is 8.47. The molecule has 1 fully saturated rings. The number of hydrogen-bond acceptors (Lipinski definition) is 3. The average molecular weight is 584 g/mol. The highest BCUT2D eigenvalue weighted by Gasteiger charge is 2.28. The van der Waals surface area contributed by atoms with Gasteiger partial charge < -0.3 is 15.0 Å². The van der Waals surface area contributed by atoms with Gasteiger partial charge in [0, 0.05) is 38.8 Å². The van der Waals surface area contributed by atoms with Crippen molar-refractivity contribution in [2.24, 2.45) is 5.92 Å². The Morgan fingerprint density at radius 2 is 1.60 bits per heavy atom. The molecule has 3 aromatic rings. The first-order chi connectivity index (χ1) is 20.9. The maximum Gasteiger partial charge on any atom is 0.321 e. The summed E-state index contributed by atoms with van der Waals surface area (Å²) in [6.45, 7) is 7.16. The second-order valence-corrected chi connectivity index (χ2v) is 11.9. The molecule has 4 rings (SSSR count). The van der Waals surface area contributed by atoms with E-state index in [0.29, 0.717) is 25.5 Å². The minimum Gasteiger partial charge on any atom is -0.363 e. The zero-order valence-electron chi connectivity index (χ0n) is 26.3. The Morgan fingerprint density at radius 3 is 2.33 bits per heavy atom. The molecular weight excluding hydrogens is 534 g/mol. The number of benzene rings is 3. The van der Waals surface area contributed by atoms with Crippen LogP contribution in [0.2, 0.25) is 0 Å². The van der Waals surface area contributed by atoms with Crippen molar-refractivity contribution in [1.29, 1.82) is 0 Å². The minimum atomic E-state index is -0.526. The normalized spacial score (nSPS) is 14.3. The fourth-order valence-corrected chi connectivity index (χ4v) is 5.52. The molecule has 230 valence electrons. The molecule has 1 aliphatic heterocycles. The lowest BCUT2D eigenvalue weighted by Gasteiger charge is -2.33. The molecule has 43 heavy (non-hydrogen) atoms. The van der Waals surface area contributed by atoms with Crippen LogP contribution in [0, 0.1) is 5.92 Å². The van der Waals surface area contributed by atoms with Crippen LogP contribution in [0.15, 0.2) is 78.9 Å². The number of rotatable bonds is 14. The smallest absolute Gasteiger partial charge is 0.321 e. The van der Waals surface area contributed by atoms with Gasteiger partial charge in [-0.15, -0.1) is 0 Å². The van der Waals surface area contributed by atoms with E-state index in [9.17, 15) is 9.59 Å². The predicted molar refractivity (Wildman–Crippen MR) is 176 cm³/mol. The molecule has 1 N–H and O–H groups in total. The Balaban J connectivity index is 1.39. The molecule has 0 bridgehead atoms. The largest absolute Gasteiger partial charge is 0.363 e. The molecule has 0 spiro atoms. The standard InChI is InChI=1S/C37H49N3O3/c1-4-5-6-7-11-23-38-37(42)39(3)34-16-12-15-33(27-34)32-19-17-30(18-20-32)26-35(43-28-31-13-9-8-10-14-31)36(41)40-24-21-29(2)22-25-40/h8-10,12-20,27,29,35H,4-7,11,21-26,28H2,1-3H3,(H,38,42). The Labute approximate surface area is 258 Å². The van der Waals surface area contributed by atoms with E-state index in [1.54, 1.807) is 4.90 Å². The fraction of sp³-hybridized carbons (Fsp3) is 0.459. The molecular formula is C37H49N3O3. The molecule has 1 heterocycles. The Morgan fingerprint density at radius 1 is 0.884 bits per heavy atom. The predicted octanol–water partition coefficient (Wildman–Crippen LogP) is 7.86. The van der Waals surface area contributed by atoms with Crippen LogP contribution in [-0.2, 0) is 22.6 Å². The van der Waals surface area contributed by atoms with Crippen molar-refractivity contribution in [1.82, 2.24) is 10.2 Å². The summed E-state index contributed by atoms with van der Waals surface area (Å²) in [5, 5.41) is 3.04. The van der Waals surface area contributed by atoms with E-state index in [0.717, 1.165) is 66.7 Å². The number of unbranched alkanes of at least 4 members (excludes halogenated alkanes) is 4. The molecule has 1 saturated heterocycles. The molecule has 6 nitrogen and oxygen atoms in total. The highest BCUT2D eigenvalue weighted by atomic mass is 16.5. The summed E-state index contributed by atoms with van der Waals surface area (Å²) in [5.41, 5.74) is 5.08. The molecule has 3 aromatic carbocycles. The van der Waals surface area contributed by atoms with Crippen molar-refractivity contribution in [3.05, 3.63) is 90.0 Å². The number of likely N-dealkylation sites (tertiary alicyclic amines) is 1. The van der Waals surface area contributed by atoms with Crippen molar-refractivity contribution in [2.75, 3.05) is 31.6 Å². The Hall–Kier alpha value is -3.64. The van der Waals surface area contributed by atoms with Gasteiger partial charge in [0.1, 0.15) is 6.10 Å². The number of urea groups is 1. The van der Waals surface area contributed by atoms with Crippen molar-refractivity contribution >= 4 is 17.6 Å². The van der Waals surface area contributed by atoms with Gasteiger partial charge in [-0.05, 0) is 59.6 Å². The van der Waals surface area contributed by atoms with E-state index < -0.39 is 6.10 Å². The second kappa shape index (κ2) is 16.9. The number of nitrogens with zero attached hydrogens (tertiary/aromatic N) is 2. The summed E-state index contributed by atoms with van der Waals surface area (Å²) in [7, 11) is 1.81. The molecule has 6 heteroatoms. The van der Waals surface area contributed by atoms with E-state index in [2.05, 4.69) is 49.5 Å². The van der Waals surface area contributed by atoms with Crippen molar-refractivity contribution in [3.63, 3.8) is 0 Å². The number of amides is 3.